The minimum absolute atomic E-state index is 0.0613. The number of nitrogens with one attached hydrogen (secondary N) is 1. The quantitative estimate of drug-likeness (QED) is 0.412. The maximum absolute atomic E-state index is 11.7. The highest BCUT2D eigenvalue weighted by atomic mass is 32.2. The summed E-state index contributed by atoms with van der Waals surface area (Å²) in [6.07, 6.45) is 1.22. The van der Waals surface area contributed by atoms with Crippen molar-refractivity contribution in [1.29, 1.82) is 0 Å². The smallest absolute Gasteiger partial charge is 0.339 e. The van der Waals surface area contributed by atoms with Crippen LogP contribution in [-0.4, -0.2) is 53.3 Å². The van der Waals surface area contributed by atoms with E-state index in [1.807, 2.05) is 6.92 Å². The molecule has 1 aromatic carbocycles. The number of carboxylic acids is 1. The molecule has 0 amide bonds. The van der Waals surface area contributed by atoms with E-state index in [4.69, 9.17) is 16.2 Å². The van der Waals surface area contributed by atoms with Gasteiger partial charge in [0.25, 0.3) is 0 Å². The first-order chi connectivity index (χ1) is 11.1. The van der Waals surface area contributed by atoms with E-state index < -0.39 is 27.8 Å². The normalized spacial score (nSPS) is 10.9. The molecular formula is C13H15N5O5S. The van der Waals surface area contributed by atoms with Crippen molar-refractivity contribution in [3.05, 3.63) is 40.9 Å². The molecule has 0 saturated heterocycles. The van der Waals surface area contributed by atoms with Gasteiger partial charge in [0.05, 0.1) is 4.90 Å². The molecule has 0 radical (unpaired) electrons. The fourth-order valence-corrected chi connectivity index (χ4v) is 2.41. The third-order valence-corrected chi connectivity index (χ3v) is 3.96. The van der Waals surface area contributed by atoms with Gasteiger partial charge in [0.15, 0.2) is 0 Å². The standard InChI is InChI=1S/C10H13NO4S.C3H2N4O/c1-7-3-5-9(6-4-7)16(14,15)11-8(2)10(12)13;4-6-1-3(8)2-7-5/h3-6,8,11H,1-2H3,(H,12,13);1-2H/t8-;/m0./s1. The Bertz CT molecular complexity index is 771. The lowest BCUT2D eigenvalue weighted by atomic mass is 10.2. The number of carbonyl (C=O) groups excluding carboxylic acids is 1. The van der Waals surface area contributed by atoms with Gasteiger partial charge in [-0.05, 0) is 26.0 Å². The number of ketones is 1. The van der Waals surface area contributed by atoms with Crippen molar-refractivity contribution in [2.24, 2.45) is 0 Å². The van der Waals surface area contributed by atoms with Crippen LogP contribution >= 0.6 is 0 Å². The van der Waals surface area contributed by atoms with E-state index in [1.165, 1.54) is 19.1 Å². The molecule has 0 saturated carbocycles. The first-order valence-electron chi connectivity index (χ1n) is 6.34. The summed E-state index contributed by atoms with van der Waals surface area (Å²) in [5.74, 6) is -1.88. The van der Waals surface area contributed by atoms with Crippen molar-refractivity contribution in [3.63, 3.8) is 0 Å². The predicted molar refractivity (Wildman–Crippen MR) is 83.0 cm³/mol. The van der Waals surface area contributed by atoms with Crippen LogP contribution in [0, 0.1) is 6.92 Å². The summed E-state index contributed by atoms with van der Waals surface area (Å²) < 4.78 is 25.4. The van der Waals surface area contributed by atoms with Crippen molar-refractivity contribution in [2.45, 2.75) is 24.8 Å². The highest BCUT2D eigenvalue weighted by Crippen LogP contribution is 2.10. The Morgan fingerprint density at radius 3 is 2.00 bits per heavy atom. The van der Waals surface area contributed by atoms with E-state index in [9.17, 15) is 18.0 Å². The van der Waals surface area contributed by atoms with Crippen molar-refractivity contribution in [3.8, 4) is 0 Å². The van der Waals surface area contributed by atoms with Gasteiger partial charge in [0, 0.05) is 0 Å². The molecule has 1 rings (SSSR count). The zero-order chi connectivity index (χ0) is 18.8. The summed E-state index contributed by atoms with van der Waals surface area (Å²) in [6.45, 7) is 3.11. The van der Waals surface area contributed by atoms with Crippen LogP contribution < -0.4 is 4.72 Å². The molecule has 0 aliphatic carbocycles. The molecular weight excluding hydrogens is 338 g/mol. The van der Waals surface area contributed by atoms with E-state index in [-0.39, 0.29) is 4.90 Å². The summed E-state index contributed by atoms with van der Waals surface area (Å²) in [7, 11) is -3.75. The van der Waals surface area contributed by atoms with Gasteiger partial charge in [0.2, 0.25) is 10.0 Å². The summed E-state index contributed by atoms with van der Waals surface area (Å²) in [5, 5.41) is 8.61. The van der Waals surface area contributed by atoms with E-state index in [0.717, 1.165) is 5.56 Å². The summed E-state index contributed by atoms with van der Waals surface area (Å²) >= 11 is 0. The Morgan fingerprint density at radius 2 is 1.62 bits per heavy atom. The third kappa shape index (κ3) is 7.87. The number of rotatable bonds is 6. The molecule has 24 heavy (non-hydrogen) atoms. The van der Waals surface area contributed by atoms with E-state index in [0.29, 0.717) is 12.4 Å². The van der Waals surface area contributed by atoms with Gasteiger partial charge in [-0.15, -0.1) is 0 Å². The number of aliphatic carboxylic acids is 1. The second-order valence-electron chi connectivity index (χ2n) is 4.39. The average molecular weight is 353 g/mol. The van der Waals surface area contributed by atoms with Crippen molar-refractivity contribution < 1.29 is 32.7 Å². The maximum atomic E-state index is 11.7. The van der Waals surface area contributed by atoms with Crippen LogP contribution in [0.5, 0.6) is 0 Å². The second kappa shape index (κ2) is 9.93. The molecule has 0 bridgehead atoms. The minimum atomic E-state index is -3.75. The number of carboxylic acid groups (broad SMARTS) is 1. The maximum Gasteiger partial charge on any atom is 0.339 e. The zero-order valence-electron chi connectivity index (χ0n) is 12.8. The molecule has 1 aromatic rings. The first kappa shape index (κ1) is 21.0. The Balaban J connectivity index is 0.000000561. The fraction of sp³-hybridized carbons (Fsp3) is 0.231. The molecule has 1 atom stereocenters. The minimum Gasteiger partial charge on any atom is -0.480 e. The van der Waals surface area contributed by atoms with Crippen LogP contribution in [0.1, 0.15) is 12.5 Å². The van der Waals surface area contributed by atoms with Gasteiger partial charge in [-0.2, -0.15) is 14.3 Å². The van der Waals surface area contributed by atoms with Crippen molar-refractivity contribution in [2.75, 3.05) is 0 Å². The Hall–Kier alpha value is -2.97. The lowest BCUT2D eigenvalue weighted by Gasteiger charge is -2.10. The highest BCUT2D eigenvalue weighted by Gasteiger charge is 2.20. The number of aryl methyl sites for hydroxylation is 1. The molecule has 2 N–H and O–H groups in total. The van der Waals surface area contributed by atoms with E-state index >= 15 is 0 Å². The Kier molecular flexibility index (Phi) is 8.70. The second-order valence-corrected chi connectivity index (χ2v) is 6.10. The molecule has 0 fully saturated rings. The Morgan fingerprint density at radius 1 is 1.17 bits per heavy atom. The fourth-order valence-electron chi connectivity index (χ4n) is 1.22. The molecule has 11 heteroatoms. The monoisotopic (exact) mass is 353 g/mol. The molecule has 0 spiro atoms. The molecule has 0 heterocycles. The SMILES string of the molecule is Cc1ccc(S(=O)(=O)N[C@@H](C)C(=O)O)cc1.[N-]=[N+]=CC(=O)C=[N+]=[N-]. The van der Waals surface area contributed by atoms with Crippen LogP contribution in [0.4, 0.5) is 0 Å². The van der Waals surface area contributed by atoms with E-state index in [1.54, 1.807) is 12.1 Å². The Labute approximate surface area is 138 Å². The van der Waals surface area contributed by atoms with Gasteiger partial charge < -0.3 is 16.2 Å². The van der Waals surface area contributed by atoms with Crippen LogP contribution in [-0.2, 0) is 19.6 Å². The molecule has 128 valence electrons. The predicted octanol–water partition coefficient (Wildman–Crippen LogP) is -0.0969. The molecule has 0 aliphatic rings. The van der Waals surface area contributed by atoms with Crippen molar-refractivity contribution >= 4 is 34.2 Å². The summed E-state index contributed by atoms with van der Waals surface area (Å²) in [4.78, 5) is 25.4. The molecule has 0 aliphatic heterocycles. The third-order valence-electron chi connectivity index (χ3n) is 2.40. The number of benzene rings is 1. The molecule has 0 aromatic heterocycles. The number of carbonyl (C=O) groups is 2. The lowest BCUT2D eigenvalue weighted by molar-refractivity contribution is -0.138. The number of nitrogens with zero attached hydrogens (tertiary/aromatic N) is 4. The topological polar surface area (TPSA) is 173 Å². The van der Waals surface area contributed by atoms with Crippen LogP contribution in [0.15, 0.2) is 29.2 Å². The van der Waals surface area contributed by atoms with Crippen LogP contribution in [0.2, 0.25) is 0 Å². The van der Waals surface area contributed by atoms with Gasteiger partial charge in [-0.3, -0.25) is 9.59 Å². The van der Waals surface area contributed by atoms with Gasteiger partial charge in [0.1, 0.15) is 6.04 Å². The largest absolute Gasteiger partial charge is 0.480 e. The van der Waals surface area contributed by atoms with Gasteiger partial charge in [-0.1, -0.05) is 17.7 Å². The van der Waals surface area contributed by atoms with Crippen molar-refractivity contribution in [1.82, 2.24) is 4.72 Å². The van der Waals surface area contributed by atoms with Crippen LogP contribution in [0.25, 0.3) is 11.1 Å². The number of hydrogen-bond acceptors (Lipinski definition) is 4. The number of Topliss-reactive ketones (excluding diaryl/α,β-unsaturated/α-hetero) is 1. The van der Waals surface area contributed by atoms with Crippen LogP contribution in [0.3, 0.4) is 0 Å². The molecule has 10 nitrogen and oxygen atoms in total. The van der Waals surface area contributed by atoms with Gasteiger partial charge >= 0.3 is 24.2 Å². The molecule has 0 unspecified atom stereocenters. The first-order valence-corrected chi connectivity index (χ1v) is 7.83. The number of sulfonamides is 1. The lowest BCUT2D eigenvalue weighted by Crippen LogP contribution is -2.38. The van der Waals surface area contributed by atoms with Gasteiger partial charge in [-0.25, -0.2) is 8.42 Å². The summed E-state index contributed by atoms with van der Waals surface area (Å²) in [6, 6.07) is 5.03. The average Bonchev–Trinajstić information content (AvgIpc) is 2.48. The zero-order valence-corrected chi connectivity index (χ0v) is 13.6. The highest BCUT2D eigenvalue weighted by molar-refractivity contribution is 7.89. The summed E-state index contributed by atoms with van der Waals surface area (Å²) in [5.41, 5.74) is 16.3. The van der Waals surface area contributed by atoms with E-state index in [2.05, 4.69) is 14.3 Å². The number of hydrogen-bond donors (Lipinski definition) is 2.